The maximum Gasteiger partial charge on any atom is 0.212 e. The van der Waals surface area contributed by atoms with Crippen LogP contribution >= 0.6 is 15.9 Å². The number of benzene rings is 1. The van der Waals surface area contributed by atoms with Gasteiger partial charge in [-0.1, -0.05) is 36.4 Å². The van der Waals surface area contributed by atoms with E-state index in [1.54, 1.807) is 24.0 Å². The maximum atomic E-state index is 5.10. The number of pyridine rings is 1. The van der Waals surface area contributed by atoms with E-state index < -0.39 is 0 Å². The molecule has 3 aromatic heterocycles. The largest absolute Gasteiger partial charge is 0.481 e. The summed E-state index contributed by atoms with van der Waals surface area (Å²) in [7, 11) is 1.61. The minimum atomic E-state index is 0.599. The zero-order valence-corrected chi connectivity index (χ0v) is 15.6. The number of aromatic nitrogens is 4. The molecule has 26 heavy (non-hydrogen) atoms. The molecule has 0 saturated carbocycles. The summed E-state index contributed by atoms with van der Waals surface area (Å²) in [5.41, 5.74) is 3.75. The molecule has 0 aliphatic heterocycles. The molecule has 0 aliphatic carbocycles. The molecule has 1 N–H and O–H groups in total. The third-order valence-electron chi connectivity index (χ3n) is 3.98. The lowest BCUT2D eigenvalue weighted by Crippen LogP contribution is -2.07. The number of fused-ring (bicyclic) bond motifs is 1. The molecule has 0 aliphatic rings. The Hall–Kier alpha value is -2.93. The number of hydrogen-bond acceptors (Lipinski definition) is 5. The predicted octanol–water partition coefficient (Wildman–Crippen LogP) is 4.17. The first-order chi connectivity index (χ1) is 12.7. The lowest BCUT2D eigenvalue weighted by atomic mass is 10.1. The van der Waals surface area contributed by atoms with Crippen LogP contribution in [0, 0.1) is 0 Å². The quantitative estimate of drug-likeness (QED) is 0.535. The van der Waals surface area contributed by atoms with E-state index in [4.69, 9.17) is 9.72 Å². The molecule has 0 saturated heterocycles. The normalized spacial score (nSPS) is 10.8. The van der Waals surface area contributed by atoms with Crippen LogP contribution in [0.15, 0.2) is 65.4 Å². The van der Waals surface area contributed by atoms with Crippen molar-refractivity contribution in [3.05, 3.63) is 71.0 Å². The second-order valence-electron chi connectivity index (χ2n) is 5.68. The van der Waals surface area contributed by atoms with Gasteiger partial charge in [-0.05, 0) is 21.5 Å². The number of methoxy groups -OCH3 is 1. The van der Waals surface area contributed by atoms with Gasteiger partial charge >= 0.3 is 0 Å². The van der Waals surface area contributed by atoms with Crippen LogP contribution in [0.1, 0.15) is 5.56 Å². The molecule has 0 radical (unpaired) electrons. The first kappa shape index (κ1) is 16.5. The molecule has 7 heteroatoms. The summed E-state index contributed by atoms with van der Waals surface area (Å²) >= 11 is 3.52. The van der Waals surface area contributed by atoms with E-state index in [-0.39, 0.29) is 0 Å². The Morgan fingerprint density at radius 1 is 1.12 bits per heavy atom. The average Bonchev–Trinajstić information content (AvgIpc) is 3.08. The zero-order valence-electron chi connectivity index (χ0n) is 14.1. The number of nitrogens with one attached hydrogen (secondary N) is 1. The fraction of sp³-hybridized carbons (Fsp3) is 0.105. The molecular weight excluding hydrogens is 394 g/mol. The topological polar surface area (TPSA) is 64.3 Å². The van der Waals surface area contributed by atoms with Crippen LogP contribution in [0.2, 0.25) is 0 Å². The van der Waals surface area contributed by atoms with Crippen LogP contribution in [-0.4, -0.2) is 26.7 Å². The minimum Gasteiger partial charge on any atom is -0.481 e. The van der Waals surface area contributed by atoms with Crippen molar-refractivity contribution >= 4 is 27.4 Å². The highest BCUT2D eigenvalue weighted by Crippen LogP contribution is 2.26. The smallest absolute Gasteiger partial charge is 0.212 e. The van der Waals surface area contributed by atoms with Crippen molar-refractivity contribution < 1.29 is 4.74 Å². The molecule has 0 spiro atoms. The summed E-state index contributed by atoms with van der Waals surface area (Å²) in [5, 5.41) is 7.83. The molecule has 0 atom stereocenters. The highest BCUT2D eigenvalue weighted by molar-refractivity contribution is 9.10. The van der Waals surface area contributed by atoms with Crippen LogP contribution in [0.25, 0.3) is 16.9 Å². The van der Waals surface area contributed by atoms with E-state index in [2.05, 4.69) is 31.3 Å². The summed E-state index contributed by atoms with van der Waals surface area (Å²) in [6, 6.07) is 15.9. The van der Waals surface area contributed by atoms with Crippen molar-refractivity contribution in [1.82, 2.24) is 19.6 Å². The van der Waals surface area contributed by atoms with Crippen molar-refractivity contribution in [3.63, 3.8) is 0 Å². The summed E-state index contributed by atoms with van der Waals surface area (Å²) in [6.07, 6.45) is 3.54. The lowest BCUT2D eigenvalue weighted by Gasteiger charge is -2.11. The highest BCUT2D eigenvalue weighted by atomic mass is 79.9. The molecule has 4 rings (SSSR count). The molecule has 0 bridgehead atoms. The molecule has 0 fully saturated rings. The predicted molar refractivity (Wildman–Crippen MR) is 104 cm³/mol. The average molecular weight is 410 g/mol. The standard InChI is InChI=1S/C19H16BrN5O/c1-26-18-8-7-13(11-22-18)10-21-17-9-16(14-5-3-2-4-6-14)24-19-15(20)12-23-25(17)19/h2-9,11-12,21H,10H2,1H3. The van der Waals surface area contributed by atoms with Gasteiger partial charge in [0.15, 0.2) is 5.65 Å². The van der Waals surface area contributed by atoms with Crippen LogP contribution in [0.4, 0.5) is 5.82 Å². The van der Waals surface area contributed by atoms with E-state index in [1.807, 2.05) is 48.5 Å². The Labute approximate surface area is 159 Å². The van der Waals surface area contributed by atoms with Gasteiger partial charge in [-0.15, -0.1) is 0 Å². The number of halogens is 1. The minimum absolute atomic E-state index is 0.599. The summed E-state index contributed by atoms with van der Waals surface area (Å²) in [4.78, 5) is 8.96. The van der Waals surface area contributed by atoms with Gasteiger partial charge in [0, 0.05) is 30.4 Å². The molecule has 130 valence electrons. The van der Waals surface area contributed by atoms with E-state index in [9.17, 15) is 0 Å². The van der Waals surface area contributed by atoms with Gasteiger partial charge in [-0.3, -0.25) is 0 Å². The van der Waals surface area contributed by atoms with Gasteiger partial charge < -0.3 is 10.1 Å². The van der Waals surface area contributed by atoms with Gasteiger partial charge in [0.2, 0.25) is 5.88 Å². The maximum absolute atomic E-state index is 5.10. The molecular formula is C19H16BrN5O. The number of anilines is 1. The van der Waals surface area contributed by atoms with Gasteiger partial charge in [-0.2, -0.15) is 9.61 Å². The van der Waals surface area contributed by atoms with Crippen molar-refractivity contribution in [3.8, 4) is 17.1 Å². The third-order valence-corrected chi connectivity index (χ3v) is 4.54. The molecule has 6 nitrogen and oxygen atoms in total. The Balaban J connectivity index is 1.68. The summed E-state index contributed by atoms with van der Waals surface area (Å²) in [6.45, 7) is 0.613. The molecule has 3 heterocycles. The second kappa shape index (κ2) is 7.13. The van der Waals surface area contributed by atoms with Crippen molar-refractivity contribution in [2.45, 2.75) is 6.54 Å². The SMILES string of the molecule is COc1ccc(CNc2cc(-c3ccccc3)nc3c(Br)cnn23)cn1. The Bertz CT molecular complexity index is 1030. The Kier molecular flexibility index (Phi) is 4.53. The van der Waals surface area contributed by atoms with Crippen LogP contribution in [0.5, 0.6) is 5.88 Å². The zero-order chi connectivity index (χ0) is 17.9. The van der Waals surface area contributed by atoms with Crippen molar-refractivity contribution in [2.24, 2.45) is 0 Å². The van der Waals surface area contributed by atoms with Crippen molar-refractivity contribution in [2.75, 3.05) is 12.4 Å². The van der Waals surface area contributed by atoms with Gasteiger partial charge in [0.05, 0.1) is 23.5 Å². The number of ether oxygens (including phenoxy) is 1. The summed E-state index contributed by atoms with van der Waals surface area (Å²) < 4.78 is 7.73. The van der Waals surface area contributed by atoms with Crippen molar-refractivity contribution in [1.29, 1.82) is 0 Å². The first-order valence-corrected chi connectivity index (χ1v) is 8.86. The van der Waals surface area contributed by atoms with Gasteiger partial charge in [0.1, 0.15) is 5.82 Å². The molecule has 0 unspecified atom stereocenters. The number of hydrogen-bond donors (Lipinski definition) is 1. The van der Waals surface area contributed by atoms with E-state index in [1.165, 1.54) is 0 Å². The van der Waals surface area contributed by atoms with E-state index in [0.717, 1.165) is 32.8 Å². The van der Waals surface area contributed by atoms with E-state index in [0.29, 0.717) is 12.4 Å². The Morgan fingerprint density at radius 2 is 1.96 bits per heavy atom. The number of nitrogens with zero attached hydrogens (tertiary/aromatic N) is 4. The first-order valence-electron chi connectivity index (χ1n) is 8.07. The molecule has 1 aromatic carbocycles. The Morgan fingerprint density at radius 3 is 2.69 bits per heavy atom. The van der Waals surface area contributed by atoms with Crippen LogP contribution < -0.4 is 10.1 Å². The highest BCUT2D eigenvalue weighted by Gasteiger charge is 2.11. The van der Waals surface area contributed by atoms with Gasteiger partial charge in [-0.25, -0.2) is 9.97 Å². The molecule has 0 amide bonds. The van der Waals surface area contributed by atoms with Crippen LogP contribution in [-0.2, 0) is 6.54 Å². The monoisotopic (exact) mass is 409 g/mol. The fourth-order valence-corrected chi connectivity index (χ4v) is 3.00. The van der Waals surface area contributed by atoms with Gasteiger partial charge in [0.25, 0.3) is 0 Å². The molecule has 4 aromatic rings. The number of rotatable bonds is 5. The fourth-order valence-electron chi connectivity index (χ4n) is 2.65. The van der Waals surface area contributed by atoms with Crippen LogP contribution in [0.3, 0.4) is 0 Å². The second-order valence-corrected chi connectivity index (χ2v) is 6.54. The van der Waals surface area contributed by atoms with E-state index >= 15 is 0 Å². The third kappa shape index (κ3) is 3.25. The summed E-state index contributed by atoms with van der Waals surface area (Å²) in [5.74, 6) is 1.46. The lowest BCUT2D eigenvalue weighted by molar-refractivity contribution is 0.397.